The molecule has 166 valence electrons. The second-order valence-electron chi connectivity index (χ2n) is 8.02. The van der Waals surface area contributed by atoms with E-state index in [-0.39, 0.29) is 43.0 Å². The van der Waals surface area contributed by atoms with Gasteiger partial charge in [0.25, 0.3) is 0 Å². The number of benzene rings is 1. The van der Waals surface area contributed by atoms with Gasteiger partial charge in [0.2, 0.25) is 11.8 Å². The van der Waals surface area contributed by atoms with Crippen molar-refractivity contribution in [2.45, 2.75) is 50.5 Å². The van der Waals surface area contributed by atoms with Gasteiger partial charge in [0.1, 0.15) is 6.10 Å². The average Bonchev–Trinajstić information content (AvgIpc) is 2.76. The molecular formula is C22H33N3O5. The summed E-state index contributed by atoms with van der Waals surface area (Å²) in [6, 6.07) is 9.47. The van der Waals surface area contributed by atoms with Gasteiger partial charge in [-0.05, 0) is 25.3 Å². The van der Waals surface area contributed by atoms with E-state index >= 15 is 0 Å². The number of aliphatic hydroxyl groups excluding tert-OH is 1. The lowest BCUT2D eigenvalue weighted by atomic mass is 9.96. The zero-order valence-electron chi connectivity index (χ0n) is 17.6. The Morgan fingerprint density at radius 1 is 1.17 bits per heavy atom. The van der Waals surface area contributed by atoms with E-state index in [0.29, 0.717) is 32.6 Å². The highest BCUT2D eigenvalue weighted by molar-refractivity contribution is 5.78. The molecule has 30 heavy (non-hydrogen) atoms. The van der Waals surface area contributed by atoms with Gasteiger partial charge in [0.05, 0.1) is 51.0 Å². The predicted octanol–water partition coefficient (Wildman–Crippen LogP) is 0.611. The van der Waals surface area contributed by atoms with Crippen LogP contribution in [0.15, 0.2) is 30.3 Å². The molecule has 8 heteroatoms. The monoisotopic (exact) mass is 419 g/mol. The van der Waals surface area contributed by atoms with Crippen LogP contribution in [-0.4, -0.2) is 79.5 Å². The van der Waals surface area contributed by atoms with Crippen LogP contribution in [0.3, 0.4) is 0 Å². The van der Waals surface area contributed by atoms with Crippen LogP contribution in [-0.2, 0) is 19.1 Å². The first-order chi connectivity index (χ1) is 14.5. The van der Waals surface area contributed by atoms with Crippen LogP contribution in [0.1, 0.15) is 37.8 Å². The smallest absolute Gasteiger partial charge is 0.234 e. The van der Waals surface area contributed by atoms with E-state index in [1.165, 1.54) is 0 Å². The van der Waals surface area contributed by atoms with Gasteiger partial charge in [-0.15, -0.1) is 0 Å². The summed E-state index contributed by atoms with van der Waals surface area (Å²) in [7, 11) is 0. The summed E-state index contributed by atoms with van der Waals surface area (Å²) in [5.74, 6) is -0.153. The molecule has 2 aliphatic heterocycles. The minimum Gasteiger partial charge on any atom is -0.394 e. The molecular weight excluding hydrogens is 386 g/mol. The summed E-state index contributed by atoms with van der Waals surface area (Å²) < 4.78 is 11.2. The van der Waals surface area contributed by atoms with Gasteiger partial charge in [-0.25, -0.2) is 0 Å². The van der Waals surface area contributed by atoms with Crippen LogP contribution in [0.4, 0.5) is 0 Å². The molecule has 0 spiro atoms. The van der Waals surface area contributed by atoms with Crippen molar-refractivity contribution < 1.29 is 24.2 Å². The lowest BCUT2D eigenvalue weighted by Gasteiger charge is -2.36. The van der Waals surface area contributed by atoms with Crippen molar-refractivity contribution in [1.82, 2.24) is 15.5 Å². The van der Waals surface area contributed by atoms with Gasteiger partial charge < -0.3 is 25.2 Å². The molecule has 3 rings (SSSR count). The maximum absolute atomic E-state index is 12.4. The zero-order chi connectivity index (χ0) is 21.3. The SMILES string of the molecule is C[C@H](NC(=O)C[C@H]1CC[C@H](NC(=O)CN2CCOCC2)[C@@H](CO)O1)c1ccccc1. The second kappa shape index (κ2) is 11.4. The Balaban J connectivity index is 1.43. The quantitative estimate of drug-likeness (QED) is 0.571. The zero-order valence-corrected chi connectivity index (χ0v) is 17.6. The van der Waals surface area contributed by atoms with Crippen molar-refractivity contribution in [2.24, 2.45) is 0 Å². The first-order valence-corrected chi connectivity index (χ1v) is 10.7. The molecule has 8 nitrogen and oxygen atoms in total. The molecule has 2 saturated heterocycles. The van der Waals surface area contributed by atoms with Crippen molar-refractivity contribution >= 4 is 11.8 Å². The van der Waals surface area contributed by atoms with E-state index in [4.69, 9.17) is 9.47 Å². The highest BCUT2D eigenvalue weighted by atomic mass is 16.5. The highest BCUT2D eigenvalue weighted by Gasteiger charge is 2.33. The molecule has 4 atom stereocenters. The number of rotatable bonds is 8. The Morgan fingerprint density at radius 3 is 2.60 bits per heavy atom. The van der Waals surface area contributed by atoms with E-state index in [1.54, 1.807) is 0 Å². The number of nitrogens with one attached hydrogen (secondary N) is 2. The molecule has 2 amide bonds. The maximum Gasteiger partial charge on any atom is 0.234 e. The number of amides is 2. The number of hydrogen-bond donors (Lipinski definition) is 3. The Hall–Kier alpha value is -2.00. The van der Waals surface area contributed by atoms with Crippen molar-refractivity contribution in [2.75, 3.05) is 39.5 Å². The number of aliphatic hydroxyl groups is 1. The van der Waals surface area contributed by atoms with E-state index in [0.717, 1.165) is 18.7 Å². The summed E-state index contributed by atoms with van der Waals surface area (Å²) in [5.41, 5.74) is 1.05. The maximum atomic E-state index is 12.4. The van der Waals surface area contributed by atoms with Gasteiger partial charge in [0.15, 0.2) is 0 Å². The molecule has 2 aliphatic rings. The van der Waals surface area contributed by atoms with Crippen molar-refractivity contribution in [3.8, 4) is 0 Å². The fourth-order valence-electron chi connectivity index (χ4n) is 3.99. The fraction of sp³-hybridized carbons (Fsp3) is 0.636. The molecule has 1 aromatic rings. The van der Waals surface area contributed by atoms with Crippen LogP contribution in [0.2, 0.25) is 0 Å². The van der Waals surface area contributed by atoms with E-state index < -0.39 is 6.10 Å². The first kappa shape index (κ1) is 22.7. The van der Waals surface area contributed by atoms with E-state index in [1.807, 2.05) is 37.3 Å². The molecule has 2 heterocycles. The van der Waals surface area contributed by atoms with Crippen LogP contribution >= 0.6 is 0 Å². The Morgan fingerprint density at radius 2 is 1.90 bits per heavy atom. The largest absolute Gasteiger partial charge is 0.394 e. The third-order valence-corrected chi connectivity index (χ3v) is 5.70. The molecule has 0 bridgehead atoms. The number of carbonyl (C=O) groups is 2. The van der Waals surface area contributed by atoms with Crippen molar-refractivity contribution in [1.29, 1.82) is 0 Å². The Kier molecular flexibility index (Phi) is 8.62. The lowest BCUT2D eigenvalue weighted by molar-refractivity contribution is -0.137. The fourth-order valence-corrected chi connectivity index (χ4v) is 3.99. The number of morpholine rings is 1. The number of hydrogen-bond acceptors (Lipinski definition) is 6. The van der Waals surface area contributed by atoms with Gasteiger partial charge in [-0.3, -0.25) is 14.5 Å². The molecule has 0 saturated carbocycles. The third kappa shape index (κ3) is 6.77. The van der Waals surface area contributed by atoms with Gasteiger partial charge in [0, 0.05) is 13.1 Å². The molecule has 0 aromatic heterocycles. The normalized spacial score (nSPS) is 26.0. The lowest BCUT2D eigenvalue weighted by Crippen LogP contribution is -2.53. The summed E-state index contributed by atoms with van der Waals surface area (Å²) in [6.45, 7) is 4.86. The summed E-state index contributed by atoms with van der Waals surface area (Å²) >= 11 is 0. The van der Waals surface area contributed by atoms with Crippen LogP contribution < -0.4 is 10.6 Å². The number of nitrogens with zero attached hydrogens (tertiary/aromatic N) is 1. The molecule has 1 aromatic carbocycles. The molecule has 0 aliphatic carbocycles. The van der Waals surface area contributed by atoms with E-state index in [2.05, 4.69) is 15.5 Å². The average molecular weight is 420 g/mol. The van der Waals surface area contributed by atoms with Gasteiger partial charge in [-0.1, -0.05) is 30.3 Å². The van der Waals surface area contributed by atoms with Gasteiger partial charge in [-0.2, -0.15) is 0 Å². The summed E-state index contributed by atoms with van der Waals surface area (Å²) in [4.78, 5) is 26.8. The molecule has 3 N–H and O–H groups in total. The highest BCUT2D eigenvalue weighted by Crippen LogP contribution is 2.22. The number of ether oxygens (including phenoxy) is 2. The predicted molar refractivity (Wildman–Crippen MR) is 112 cm³/mol. The molecule has 0 unspecified atom stereocenters. The second-order valence-corrected chi connectivity index (χ2v) is 8.02. The topological polar surface area (TPSA) is 100 Å². The minimum absolute atomic E-state index is 0.0724. The van der Waals surface area contributed by atoms with Crippen molar-refractivity contribution in [3.63, 3.8) is 0 Å². The standard InChI is InChI=1S/C22H33N3O5/c1-16(17-5-3-2-4-6-17)23-21(27)13-18-7-8-19(20(15-26)30-18)24-22(28)14-25-9-11-29-12-10-25/h2-6,16,18-20,26H,7-15H2,1H3,(H,23,27)(H,24,28)/t16-,18+,19-,20+/m0/s1. The third-order valence-electron chi connectivity index (χ3n) is 5.70. The number of carbonyl (C=O) groups excluding carboxylic acids is 2. The van der Waals surface area contributed by atoms with Crippen LogP contribution in [0.5, 0.6) is 0 Å². The van der Waals surface area contributed by atoms with E-state index in [9.17, 15) is 14.7 Å². The van der Waals surface area contributed by atoms with Crippen molar-refractivity contribution in [3.05, 3.63) is 35.9 Å². The van der Waals surface area contributed by atoms with Crippen LogP contribution in [0, 0.1) is 0 Å². The Labute approximate surface area is 177 Å². The molecule has 2 fully saturated rings. The first-order valence-electron chi connectivity index (χ1n) is 10.7. The summed E-state index contributed by atoms with van der Waals surface area (Å²) in [5, 5.41) is 15.7. The Bertz CT molecular complexity index is 681. The molecule has 0 radical (unpaired) electrons. The van der Waals surface area contributed by atoms with Crippen LogP contribution in [0.25, 0.3) is 0 Å². The van der Waals surface area contributed by atoms with Gasteiger partial charge >= 0.3 is 0 Å². The minimum atomic E-state index is -0.503. The summed E-state index contributed by atoms with van der Waals surface area (Å²) in [6.07, 6.45) is 0.801.